The number of nitrogens with one attached hydrogen (secondary N) is 1. The number of nitrogens with two attached hydrogens (primary N) is 1. The third kappa shape index (κ3) is 3.22. The van der Waals surface area contributed by atoms with Gasteiger partial charge in [-0.05, 0) is 18.9 Å². The SMILES string of the molecule is N=C(N)CC1(COc2cc(Cl)c(Cl)cc2Cl)CC1. The minimum atomic E-state index is 0.00126. The normalized spacial score (nSPS) is 16.4. The fourth-order valence-electron chi connectivity index (χ4n) is 1.80. The van der Waals surface area contributed by atoms with Crippen LogP contribution in [0.4, 0.5) is 0 Å². The van der Waals surface area contributed by atoms with Gasteiger partial charge in [0.25, 0.3) is 0 Å². The van der Waals surface area contributed by atoms with Crippen molar-refractivity contribution in [3.05, 3.63) is 27.2 Å². The Hall–Kier alpha value is -0.640. The van der Waals surface area contributed by atoms with Crippen molar-refractivity contribution in [1.29, 1.82) is 5.41 Å². The molecule has 98 valence electrons. The smallest absolute Gasteiger partial charge is 0.139 e. The maximum absolute atomic E-state index is 7.34. The van der Waals surface area contributed by atoms with Gasteiger partial charge in [0.15, 0.2) is 0 Å². The Morgan fingerprint density at radius 2 is 1.83 bits per heavy atom. The van der Waals surface area contributed by atoms with Crippen molar-refractivity contribution in [3.8, 4) is 5.75 Å². The van der Waals surface area contributed by atoms with Crippen LogP contribution in [0, 0.1) is 10.8 Å². The Morgan fingerprint density at radius 1 is 1.22 bits per heavy atom. The summed E-state index contributed by atoms with van der Waals surface area (Å²) in [7, 11) is 0. The molecule has 2 rings (SSSR count). The molecule has 3 nitrogen and oxygen atoms in total. The monoisotopic (exact) mass is 306 g/mol. The Bertz CT molecular complexity index is 486. The quantitative estimate of drug-likeness (QED) is 0.488. The maximum Gasteiger partial charge on any atom is 0.139 e. The number of amidine groups is 1. The van der Waals surface area contributed by atoms with Gasteiger partial charge >= 0.3 is 0 Å². The fraction of sp³-hybridized carbons (Fsp3) is 0.417. The molecule has 0 radical (unpaired) electrons. The van der Waals surface area contributed by atoms with Crippen LogP contribution in [0.15, 0.2) is 12.1 Å². The van der Waals surface area contributed by atoms with Gasteiger partial charge in [-0.25, -0.2) is 0 Å². The average Bonchev–Trinajstić information content (AvgIpc) is 3.01. The topological polar surface area (TPSA) is 59.1 Å². The van der Waals surface area contributed by atoms with E-state index in [0.717, 1.165) is 12.8 Å². The summed E-state index contributed by atoms with van der Waals surface area (Å²) in [5.41, 5.74) is 5.43. The van der Waals surface area contributed by atoms with E-state index < -0.39 is 0 Å². The van der Waals surface area contributed by atoms with Gasteiger partial charge < -0.3 is 10.5 Å². The van der Waals surface area contributed by atoms with Crippen molar-refractivity contribution in [2.24, 2.45) is 11.1 Å². The van der Waals surface area contributed by atoms with E-state index in [1.807, 2.05) is 0 Å². The molecule has 1 aliphatic rings. The summed E-state index contributed by atoms with van der Waals surface area (Å²) < 4.78 is 5.67. The highest BCUT2D eigenvalue weighted by molar-refractivity contribution is 6.43. The standard InChI is InChI=1S/C12H13Cl3N2O/c13-7-3-9(15)10(4-8(7)14)18-6-12(1-2-12)5-11(16)17/h3-4H,1-2,5-6H2,(H3,16,17). The second-order valence-electron chi connectivity index (χ2n) is 4.69. The second kappa shape index (κ2) is 5.16. The van der Waals surface area contributed by atoms with Crippen LogP contribution in [0.5, 0.6) is 5.75 Å². The summed E-state index contributed by atoms with van der Waals surface area (Å²) in [5.74, 6) is 0.706. The van der Waals surface area contributed by atoms with Gasteiger partial charge in [0.2, 0.25) is 0 Å². The fourth-order valence-corrected chi connectivity index (χ4v) is 2.39. The number of hydrogen-bond donors (Lipinski definition) is 2. The van der Waals surface area contributed by atoms with Crippen molar-refractivity contribution in [2.45, 2.75) is 19.3 Å². The van der Waals surface area contributed by atoms with Gasteiger partial charge in [0.1, 0.15) is 5.75 Å². The summed E-state index contributed by atoms with van der Waals surface area (Å²) in [6.45, 7) is 0.490. The molecule has 1 saturated carbocycles. The molecule has 0 atom stereocenters. The van der Waals surface area contributed by atoms with Crippen molar-refractivity contribution in [3.63, 3.8) is 0 Å². The first-order valence-corrected chi connectivity index (χ1v) is 6.65. The van der Waals surface area contributed by atoms with Gasteiger partial charge in [-0.3, -0.25) is 5.41 Å². The first-order valence-electron chi connectivity index (χ1n) is 5.52. The lowest BCUT2D eigenvalue weighted by Gasteiger charge is -2.16. The van der Waals surface area contributed by atoms with E-state index in [0.29, 0.717) is 33.8 Å². The Kier molecular flexibility index (Phi) is 3.95. The molecular weight excluding hydrogens is 295 g/mol. The van der Waals surface area contributed by atoms with Crippen LogP contribution in [0.2, 0.25) is 15.1 Å². The lowest BCUT2D eigenvalue weighted by molar-refractivity contribution is 0.238. The van der Waals surface area contributed by atoms with Gasteiger partial charge in [-0.1, -0.05) is 34.8 Å². The first kappa shape index (κ1) is 13.8. The molecule has 0 amide bonds. The molecule has 0 aliphatic heterocycles. The molecule has 3 N–H and O–H groups in total. The van der Waals surface area contributed by atoms with Crippen LogP contribution in [0.1, 0.15) is 19.3 Å². The Balaban J connectivity index is 2.03. The van der Waals surface area contributed by atoms with Crippen molar-refractivity contribution in [2.75, 3.05) is 6.61 Å². The molecule has 1 aromatic rings. The van der Waals surface area contributed by atoms with Gasteiger partial charge in [-0.15, -0.1) is 0 Å². The highest BCUT2D eigenvalue weighted by Crippen LogP contribution is 2.49. The van der Waals surface area contributed by atoms with Crippen molar-refractivity contribution in [1.82, 2.24) is 0 Å². The molecule has 0 spiro atoms. The van der Waals surface area contributed by atoms with Crippen LogP contribution in [-0.4, -0.2) is 12.4 Å². The highest BCUT2D eigenvalue weighted by atomic mass is 35.5. The van der Waals surface area contributed by atoms with Crippen LogP contribution < -0.4 is 10.5 Å². The van der Waals surface area contributed by atoms with E-state index in [1.165, 1.54) is 0 Å². The summed E-state index contributed by atoms with van der Waals surface area (Å²) >= 11 is 17.8. The predicted molar refractivity (Wildman–Crippen MR) is 75.2 cm³/mol. The number of rotatable bonds is 5. The van der Waals surface area contributed by atoms with E-state index >= 15 is 0 Å². The van der Waals surface area contributed by atoms with Crippen LogP contribution >= 0.6 is 34.8 Å². The minimum absolute atomic E-state index is 0.00126. The van der Waals surface area contributed by atoms with Crippen LogP contribution in [0.25, 0.3) is 0 Å². The lowest BCUT2D eigenvalue weighted by Crippen LogP contribution is -2.21. The summed E-state index contributed by atoms with van der Waals surface area (Å²) in [6, 6.07) is 3.17. The first-order chi connectivity index (χ1) is 8.42. The minimum Gasteiger partial charge on any atom is -0.491 e. The molecule has 0 bridgehead atoms. The van der Waals surface area contributed by atoms with Crippen molar-refractivity contribution >= 4 is 40.6 Å². The zero-order valence-corrected chi connectivity index (χ0v) is 11.9. The number of hydrogen-bond acceptors (Lipinski definition) is 2. The molecule has 0 saturated heterocycles. The van der Waals surface area contributed by atoms with E-state index in [1.54, 1.807) is 12.1 Å². The molecule has 0 heterocycles. The predicted octanol–water partition coefficient (Wildman–Crippen LogP) is 4.13. The van der Waals surface area contributed by atoms with Gasteiger partial charge in [0.05, 0.1) is 27.5 Å². The summed E-state index contributed by atoms with van der Waals surface area (Å²) in [6.07, 6.45) is 2.60. The molecule has 0 aromatic heterocycles. The van der Waals surface area contributed by atoms with Gasteiger partial charge in [0, 0.05) is 17.9 Å². The van der Waals surface area contributed by atoms with E-state index in [2.05, 4.69) is 0 Å². The second-order valence-corrected chi connectivity index (χ2v) is 5.91. The van der Waals surface area contributed by atoms with Gasteiger partial charge in [-0.2, -0.15) is 0 Å². The lowest BCUT2D eigenvalue weighted by atomic mass is 10.0. The third-order valence-electron chi connectivity index (χ3n) is 3.03. The number of ether oxygens (including phenoxy) is 1. The zero-order valence-electron chi connectivity index (χ0n) is 9.60. The number of benzene rings is 1. The highest BCUT2D eigenvalue weighted by Gasteiger charge is 2.44. The Labute approximate surface area is 121 Å². The Morgan fingerprint density at radius 3 is 2.39 bits per heavy atom. The maximum atomic E-state index is 7.34. The van der Waals surface area contributed by atoms with E-state index in [9.17, 15) is 0 Å². The molecule has 1 aliphatic carbocycles. The largest absolute Gasteiger partial charge is 0.491 e. The average molecular weight is 308 g/mol. The zero-order chi connectivity index (χ0) is 13.3. The summed E-state index contributed by atoms with van der Waals surface area (Å²) in [5, 5.41) is 8.58. The van der Waals surface area contributed by atoms with Crippen LogP contribution in [-0.2, 0) is 0 Å². The molecule has 6 heteroatoms. The molecular formula is C12H13Cl3N2O. The third-order valence-corrected chi connectivity index (χ3v) is 4.05. The van der Waals surface area contributed by atoms with E-state index in [-0.39, 0.29) is 11.3 Å². The molecule has 1 fully saturated rings. The molecule has 1 aromatic carbocycles. The van der Waals surface area contributed by atoms with Crippen LogP contribution in [0.3, 0.4) is 0 Å². The van der Waals surface area contributed by atoms with E-state index in [4.69, 9.17) is 50.7 Å². The summed E-state index contributed by atoms with van der Waals surface area (Å²) in [4.78, 5) is 0. The van der Waals surface area contributed by atoms with Crippen molar-refractivity contribution < 1.29 is 4.74 Å². The molecule has 18 heavy (non-hydrogen) atoms. The number of halogens is 3. The molecule has 0 unspecified atom stereocenters.